The lowest BCUT2D eigenvalue weighted by Crippen LogP contribution is -2.53. The van der Waals surface area contributed by atoms with E-state index in [0.717, 1.165) is 11.1 Å². The average Bonchev–Trinajstić information content (AvgIpc) is 2.85. The van der Waals surface area contributed by atoms with Crippen molar-refractivity contribution < 1.29 is 19.1 Å². The molecular weight excluding hydrogens is 420 g/mol. The topological polar surface area (TPSA) is 82.5 Å². The summed E-state index contributed by atoms with van der Waals surface area (Å²) in [6, 6.07) is 12.9. The second-order valence-electron chi connectivity index (χ2n) is 8.36. The van der Waals surface area contributed by atoms with E-state index in [-0.39, 0.29) is 24.1 Å². The van der Waals surface area contributed by atoms with Crippen LogP contribution in [0.25, 0.3) is 0 Å². The zero-order valence-electron chi connectivity index (χ0n) is 19.2. The molecule has 0 radical (unpaired) electrons. The molecule has 0 saturated carbocycles. The first-order valence-electron chi connectivity index (χ1n) is 11.1. The normalized spacial score (nSPS) is 16.5. The minimum atomic E-state index is -0.172. The number of hydrogen-bond acceptors (Lipinski definition) is 5. The van der Waals surface area contributed by atoms with Crippen LogP contribution in [0.1, 0.15) is 34.3 Å². The van der Waals surface area contributed by atoms with Gasteiger partial charge in [-0.3, -0.25) is 14.4 Å². The number of nitrogens with zero attached hydrogens (tertiary/aromatic N) is 4. The van der Waals surface area contributed by atoms with Crippen molar-refractivity contribution in [2.75, 3.05) is 38.3 Å². The van der Waals surface area contributed by atoms with Crippen LogP contribution in [0.4, 0.5) is 5.69 Å². The van der Waals surface area contributed by atoms with Crippen molar-refractivity contribution in [3.63, 3.8) is 0 Å². The van der Waals surface area contributed by atoms with Gasteiger partial charge in [0.1, 0.15) is 11.5 Å². The number of carbonyl (C=O) groups is 3. The predicted molar refractivity (Wildman–Crippen MR) is 126 cm³/mol. The standard InChI is InChI=1S/C25H28N4O4/c1-17-4-5-18(2)22(16-17)29-23(30)11-10-21(26-29)25(32)28-14-12-27(13-15-28)24(31)19-6-8-20(33-3)9-7-19/h4-9,16H,10-15H2,1-3H3. The quantitative estimate of drug-likeness (QED) is 0.720. The lowest BCUT2D eigenvalue weighted by molar-refractivity contribution is -0.125. The number of hydrazone groups is 1. The fourth-order valence-electron chi connectivity index (χ4n) is 4.05. The zero-order valence-corrected chi connectivity index (χ0v) is 19.2. The fourth-order valence-corrected chi connectivity index (χ4v) is 4.05. The van der Waals surface area contributed by atoms with Crippen LogP contribution in [-0.2, 0) is 9.59 Å². The zero-order chi connectivity index (χ0) is 23.5. The van der Waals surface area contributed by atoms with Crippen LogP contribution in [-0.4, -0.2) is 66.5 Å². The van der Waals surface area contributed by atoms with E-state index in [4.69, 9.17) is 4.74 Å². The van der Waals surface area contributed by atoms with Gasteiger partial charge in [-0.15, -0.1) is 0 Å². The number of rotatable bonds is 4. The molecule has 2 aromatic carbocycles. The Hall–Kier alpha value is -3.68. The minimum Gasteiger partial charge on any atom is -0.497 e. The number of amides is 3. The highest BCUT2D eigenvalue weighted by molar-refractivity contribution is 6.40. The summed E-state index contributed by atoms with van der Waals surface area (Å²) in [6.45, 7) is 5.63. The molecule has 0 atom stereocenters. The van der Waals surface area contributed by atoms with Crippen molar-refractivity contribution in [3.8, 4) is 5.75 Å². The monoisotopic (exact) mass is 448 g/mol. The van der Waals surface area contributed by atoms with Gasteiger partial charge in [0.25, 0.3) is 11.8 Å². The highest BCUT2D eigenvalue weighted by atomic mass is 16.5. The maximum atomic E-state index is 13.1. The van der Waals surface area contributed by atoms with Gasteiger partial charge in [0.05, 0.1) is 12.8 Å². The Bertz CT molecular complexity index is 1100. The van der Waals surface area contributed by atoms with Crippen molar-refractivity contribution >= 4 is 29.1 Å². The summed E-state index contributed by atoms with van der Waals surface area (Å²) in [4.78, 5) is 41.9. The van der Waals surface area contributed by atoms with Crippen molar-refractivity contribution in [1.29, 1.82) is 0 Å². The van der Waals surface area contributed by atoms with Crippen molar-refractivity contribution in [2.24, 2.45) is 5.10 Å². The Balaban J connectivity index is 1.43. The van der Waals surface area contributed by atoms with E-state index in [1.807, 2.05) is 32.0 Å². The Morgan fingerprint density at radius 1 is 0.879 bits per heavy atom. The summed E-state index contributed by atoms with van der Waals surface area (Å²) in [5.41, 5.74) is 3.63. The van der Waals surface area contributed by atoms with Gasteiger partial charge in [0, 0.05) is 44.6 Å². The molecule has 0 unspecified atom stereocenters. The lowest BCUT2D eigenvalue weighted by atomic mass is 10.1. The number of ether oxygens (including phenoxy) is 1. The first-order chi connectivity index (χ1) is 15.9. The van der Waals surface area contributed by atoms with E-state index in [9.17, 15) is 14.4 Å². The van der Waals surface area contributed by atoms with Crippen LogP contribution in [0, 0.1) is 13.8 Å². The molecule has 0 bridgehead atoms. The molecule has 0 spiro atoms. The van der Waals surface area contributed by atoms with Crippen LogP contribution in [0.5, 0.6) is 5.75 Å². The van der Waals surface area contributed by atoms with E-state index in [0.29, 0.717) is 55.3 Å². The number of hydrogen-bond donors (Lipinski definition) is 0. The summed E-state index contributed by atoms with van der Waals surface area (Å²) in [7, 11) is 1.58. The molecule has 2 aliphatic heterocycles. The van der Waals surface area contributed by atoms with Crippen molar-refractivity contribution in [1.82, 2.24) is 9.80 Å². The Kier molecular flexibility index (Phi) is 6.44. The maximum Gasteiger partial charge on any atom is 0.270 e. The molecule has 8 nitrogen and oxygen atoms in total. The molecule has 2 heterocycles. The van der Waals surface area contributed by atoms with Crippen molar-refractivity contribution in [2.45, 2.75) is 26.7 Å². The van der Waals surface area contributed by atoms with Gasteiger partial charge < -0.3 is 14.5 Å². The van der Waals surface area contributed by atoms with E-state index >= 15 is 0 Å². The highest BCUT2D eigenvalue weighted by Gasteiger charge is 2.31. The van der Waals surface area contributed by atoms with E-state index in [1.54, 1.807) is 41.2 Å². The van der Waals surface area contributed by atoms with Crippen LogP contribution in [0.15, 0.2) is 47.6 Å². The number of aryl methyl sites for hydroxylation is 2. The van der Waals surface area contributed by atoms with Crippen LogP contribution < -0.4 is 9.75 Å². The molecule has 2 aromatic rings. The third kappa shape index (κ3) is 4.74. The minimum absolute atomic E-state index is 0.0635. The van der Waals surface area contributed by atoms with Gasteiger partial charge in [0.2, 0.25) is 5.91 Å². The predicted octanol–water partition coefficient (Wildman–Crippen LogP) is 2.78. The highest BCUT2D eigenvalue weighted by Crippen LogP contribution is 2.26. The lowest BCUT2D eigenvalue weighted by Gasteiger charge is -2.35. The molecule has 33 heavy (non-hydrogen) atoms. The van der Waals surface area contributed by atoms with E-state index in [1.165, 1.54) is 5.01 Å². The van der Waals surface area contributed by atoms with Gasteiger partial charge in [0.15, 0.2) is 0 Å². The number of carbonyl (C=O) groups excluding carboxylic acids is 3. The molecule has 8 heteroatoms. The summed E-state index contributed by atoms with van der Waals surface area (Å²) in [5, 5.41) is 5.81. The van der Waals surface area contributed by atoms with E-state index < -0.39 is 0 Å². The average molecular weight is 449 g/mol. The van der Waals surface area contributed by atoms with Gasteiger partial charge >= 0.3 is 0 Å². The Morgan fingerprint density at radius 2 is 1.52 bits per heavy atom. The maximum absolute atomic E-state index is 13.1. The van der Waals surface area contributed by atoms with Crippen LogP contribution in [0.2, 0.25) is 0 Å². The molecule has 0 aromatic heterocycles. The second kappa shape index (κ2) is 9.44. The molecule has 3 amide bonds. The first kappa shape index (κ1) is 22.5. The largest absolute Gasteiger partial charge is 0.497 e. The fraction of sp³-hybridized carbons (Fsp3) is 0.360. The molecule has 0 N–H and O–H groups in total. The second-order valence-corrected chi connectivity index (χ2v) is 8.36. The number of piperazine rings is 1. The van der Waals surface area contributed by atoms with Gasteiger partial charge in [-0.2, -0.15) is 5.10 Å². The smallest absolute Gasteiger partial charge is 0.270 e. The third-order valence-electron chi connectivity index (χ3n) is 6.06. The SMILES string of the molecule is COc1ccc(C(=O)N2CCN(C(=O)C3=NN(c4cc(C)ccc4C)C(=O)CC3)CC2)cc1. The molecule has 2 aliphatic rings. The Labute approximate surface area is 193 Å². The third-order valence-corrected chi connectivity index (χ3v) is 6.06. The molecule has 1 saturated heterocycles. The molecule has 0 aliphatic carbocycles. The number of methoxy groups -OCH3 is 1. The first-order valence-corrected chi connectivity index (χ1v) is 11.1. The Morgan fingerprint density at radius 3 is 2.15 bits per heavy atom. The number of anilines is 1. The van der Waals surface area contributed by atoms with Crippen LogP contribution >= 0.6 is 0 Å². The van der Waals surface area contributed by atoms with E-state index in [2.05, 4.69) is 5.10 Å². The van der Waals surface area contributed by atoms with Gasteiger partial charge in [-0.1, -0.05) is 12.1 Å². The van der Waals surface area contributed by atoms with Crippen molar-refractivity contribution in [3.05, 3.63) is 59.2 Å². The van der Waals surface area contributed by atoms with Gasteiger partial charge in [-0.25, -0.2) is 5.01 Å². The molecular formula is C25H28N4O4. The summed E-state index contributed by atoms with van der Waals surface area (Å²) in [5.74, 6) is 0.347. The number of benzene rings is 2. The molecule has 4 rings (SSSR count). The summed E-state index contributed by atoms with van der Waals surface area (Å²) < 4.78 is 5.14. The summed E-state index contributed by atoms with van der Waals surface area (Å²) >= 11 is 0. The summed E-state index contributed by atoms with van der Waals surface area (Å²) in [6.07, 6.45) is 0.567. The van der Waals surface area contributed by atoms with Gasteiger partial charge in [-0.05, 0) is 55.3 Å². The molecule has 172 valence electrons. The van der Waals surface area contributed by atoms with Crippen LogP contribution in [0.3, 0.4) is 0 Å². The molecule has 1 fully saturated rings.